The maximum atomic E-state index is 5.11. The monoisotopic (exact) mass is 218 g/mol. The van der Waals surface area contributed by atoms with Crippen molar-refractivity contribution in [2.75, 3.05) is 7.11 Å². The molecule has 0 N–H and O–H groups in total. The molecule has 0 aliphatic carbocycles. The third-order valence-corrected chi connectivity index (χ3v) is 2.58. The van der Waals surface area contributed by atoms with Gasteiger partial charge in [-0.2, -0.15) is 0 Å². The summed E-state index contributed by atoms with van der Waals surface area (Å²) in [6.45, 7) is 4.54. The number of rotatable bonds is 6. The first-order valence-corrected chi connectivity index (χ1v) is 6.03. The van der Waals surface area contributed by atoms with E-state index in [-0.39, 0.29) is 0 Å². The summed E-state index contributed by atoms with van der Waals surface area (Å²) in [7, 11) is 1.69. The van der Waals surface area contributed by atoms with E-state index in [2.05, 4.69) is 38.1 Å². The van der Waals surface area contributed by atoms with Crippen molar-refractivity contribution in [3.63, 3.8) is 0 Å². The number of methoxy groups -OCH3 is 1. The molecule has 0 spiro atoms. The molecule has 0 unspecified atom stereocenters. The van der Waals surface area contributed by atoms with E-state index in [1.165, 1.54) is 24.8 Å². The van der Waals surface area contributed by atoms with Gasteiger partial charge >= 0.3 is 0 Å². The molecule has 1 aromatic carbocycles. The van der Waals surface area contributed by atoms with Gasteiger partial charge in [-0.25, -0.2) is 0 Å². The van der Waals surface area contributed by atoms with Gasteiger partial charge in [-0.3, -0.25) is 0 Å². The molecule has 0 aliphatic rings. The second kappa shape index (κ2) is 7.10. The SMILES string of the molecule is COc1ccc(/C=C/CCCC(C)C)cc1. The Morgan fingerprint density at radius 2 is 1.88 bits per heavy atom. The number of hydrogen-bond acceptors (Lipinski definition) is 1. The van der Waals surface area contributed by atoms with Crippen molar-refractivity contribution in [2.24, 2.45) is 5.92 Å². The van der Waals surface area contributed by atoms with Gasteiger partial charge in [0.25, 0.3) is 0 Å². The van der Waals surface area contributed by atoms with Crippen LogP contribution in [0, 0.1) is 5.92 Å². The summed E-state index contributed by atoms with van der Waals surface area (Å²) in [6, 6.07) is 8.15. The Kier molecular flexibility index (Phi) is 5.69. The van der Waals surface area contributed by atoms with Crippen LogP contribution in [-0.2, 0) is 0 Å². The van der Waals surface area contributed by atoms with E-state index in [0.717, 1.165) is 11.7 Å². The molecule has 0 bridgehead atoms. The average molecular weight is 218 g/mol. The van der Waals surface area contributed by atoms with Gasteiger partial charge in [0.15, 0.2) is 0 Å². The fourth-order valence-electron chi connectivity index (χ4n) is 1.58. The molecule has 0 saturated heterocycles. The molecule has 1 heteroatoms. The largest absolute Gasteiger partial charge is 0.497 e. The van der Waals surface area contributed by atoms with E-state index in [9.17, 15) is 0 Å². The summed E-state index contributed by atoms with van der Waals surface area (Å²) in [4.78, 5) is 0. The van der Waals surface area contributed by atoms with Crippen LogP contribution < -0.4 is 4.74 Å². The van der Waals surface area contributed by atoms with Crippen LogP contribution in [0.5, 0.6) is 5.75 Å². The topological polar surface area (TPSA) is 9.23 Å². The minimum absolute atomic E-state index is 0.814. The maximum absolute atomic E-state index is 5.11. The summed E-state index contributed by atoms with van der Waals surface area (Å²) in [6.07, 6.45) is 8.20. The Labute approximate surface area is 99.1 Å². The molecular weight excluding hydrogens is 196 g/mol. The zero-order valence-electron chi connectivity index (χ0n) is 10.6. The Morgan fingerprint density at radius 1 is 1.19 bits per heavy atom. The molecule has 0 amide bonds. The van der Waals surface area contributed by atoms with Crippen LogP contribution >= 0.6 is 0 Å². The molecule has 0 saturated carbocycles. The number of benzene rings is 1. The molecule has 0 atom stereocenters. The molecule has 88 valence electrons. The Bertz CT molecular complexity index is 309. The zero-order valence-corrected chi connectivity index (χ0v) is 10.6. The fourth-order valence-corrected chi connectivity index (χ4v) is 1.58. The summed E-state index contributed by atoms with van der Waals surface area (Å²) < 4.78 is 5.11. The van der Waals surface area contributed by atoms with Gasteiger partial charge in [0.1, 0.15) is 5.75 Å². The molecule has 0 fully saturated rings. The van der Waals surface area contributed by atoms with E-state index in [1.807, 2.05) is 12.1 Å². The molecule has 0 heterocycles. The molecule has 0 aliphatic heterocycles. The Hall–Kier alpha value is -1.24. The molecule has 16 heavy (non-hydrogen) atoms. The minimum atomic E-state index is 0.814. The maximum Gasteiger partial charge on any atom is 0.118 e. The zero-order chi connectivity index (χ0) is 11.8. The van der Waals surface area contributed by atoms with Crippen molar-refractivity contribution >= 4 is 6.08 Å². The van der Waals surface area contributed by atoms with Gasteiger partial charge in [0.2, 0.25) is 0 Å². The van der Waals surface area contributed by atoms with Gasteiger partial charge in [0.05, 0.1) is 7.11 Å². The highest BCUT2D eigenvalue weighted by Gasteiger charge is 1.92. The number of unbranched alkanes of at least 4 members (excludes halogenated alkanes) is 1. The minimum Gasteiger partial charge on any atom is -0.497 e. The van der Waals surface area contributed by atoms with E-state index >= 15 is 0 Å². The lowest BCUT2D eigenvalue weighted by atomic mass is 10.1. The van der Waals surface area contributed by atoms with Crippen LogP contribution in [0.15, 0.2) is 30.3 Å². The average Bonchev–Trinajstić information content (AvgIpc) is 2.29. The second-order valence-corrected chi connectivity index (χ2v) is 4.50. The fraction of sp³-hybridized carbons (Fsp3) is 0.467. The lowest BCUT2D eigenvalue weighted by Crippen LogP contribution is -1.85. The predicted octanol–water partition coefficient (Wildman–Crippen LogP) is 4.53. The third-order valence-electron chi connectivity index (χ3n) is 2.58. The first kappa shape index (κ1) is 12.8. The smallest absolute Gasteiger partial charge is 0.118 e. The third kappa shape index (κ3) is 5.01. The summed E-state index contributed by atoms with van der Waals surface area (Å²) in [5.74, 6) is 1.73. The van der Waals surface area contributed by atoms with Crippen molar-refractivity contribution in [3.05, 3.63) is 35.9 Å². The Morgan fingerprint density at radius 3 is 2.44 bits per heavy atom. The van der Waals surface area contributed by atoms with Crippen LogP contribution in [0.4, 0.5) is 0 Å². The number of ether oxygens (including phenoxy) is 1. The van der Waals surface area contributed by atoms with E-state index in [0.29, 0.717) is 0 Å². The molecular formula is C15H22O. The predicted molar refractivity (Wildman–Crippen MR) is 70.7 cm³/mol. The van der Waals surface area contributed by atoms with Crippen molar-refractivity contribution in [1.82, 2.24) is 0 Å². The van der Waals surface area contributed by atoms with Crippen LogP contribution in [0.2, 0.25) is 0 Å². The highest BCUT2D eigenvalue weighted by atomic mass is 16.5. The van der Waals surface area contributed by atoms with Gasteiger partial charge in [-0.1, -0.05) is 44.6 Å². The first-order valence-electron chi connectivity index (χ1n) is 6.03. The molecule has 0 aromatic heterocycles. The van der Waals surface area contributed by atoms with Crippen molar-refractivity contribution < 1.29 is 4.74 Å². The molecule has 0 radical (unpaired) electrons. The molecule has 1 rings (SSSR count). The van der Waals surface area contributed by atoms with E-state index in [4.69, 9.17) is 4.74 Å². The molecule has 1 nitrogen and oxygen atoms in total. The highest BCUT2D eigenvalue weighted by molar-refractivity contribution is 5.50. The standard InChI is InChI=1S/C15H22O/c1-13(2)7-5-4-6-8-14-9-11-15(16-3)12-10-14/h6,8-13H,4-5,7H2,1-3H3/b8-6+. The van der Waals surface area contributed by atoms with Crippen LogP contribution in [-0.4, -0.2) is 7.11 Å². The van der Waals surface area contributed by atoms with Gasteiger partial charge in [-0.15, -0.1) is 0 Å². The van der Waals surface area contributed by atoms with Crippen LogP contribution in [0.1, 0.15) is 38.7 Å². The normalized spacial score (nSPS) is 11.2. The van der Waals surface area contributed by atoms with E-state index < -0.39 is 0 Å². The Balaban J connectivity index is 2.32. The highest BCUT2D eigenvalue weighted by Crippen LogP contribution is 2.13. The molecule has 1 aromatic rings. The summed E-state index contributed by atoms with van der Waals surface area (Å²) >= 11 is 0. The second-order valence-electron chi connectivity index (χ2n) is 4.50. The van der Waals surface area contributed by atoms with Crippen LogP contribution in [0.3, 0.4) is 0 Å². The van der Waals surface area contributed by atoms with Crippen molar-refractivity contribution in [2.45, 2.75) is 33.1 Å². The lowest BCUT2D eigenvalue weighted by Gasteiger charge is -2.01. The lowest BCUT2D eigenvalue weighted by molar-refractivity contribution is 0.415. The van der Waals surface area contributed by atoms with Crippen molar-refractivity contribution in [1.29, 1.82) is 0 Å². The van der Waals surface area contributed by atoms with Crippen molar-refractivity contribution in [3.8, 4) is 5.75 Å². The first-order chi connectivity index (χ1) is 7.72. The van der Waals surface area contributed by atoms with Gasteiger partial charge in [-0.05, 0) is 36.5 Å². The quantitative estimate of drug-likeness (QED) is 0.637. The number of allylic oxidation sites excluding steroid dienone is 1. The summed E-state index contributed by atoms with van der Waals surface area (Å²) in [5, 5.41) is 0. The summed E-state index contributed by atoms with van der Waals surface area (Å²) in [5.41, 5.74) is 1.24. The van der Waals surface area contributed by atoms with Gasteiger partial charge in [0, 0.05) is 0 Å². The van der Waals surface area contributed by atoms with Gasteiger partial charge < -0.3 is 4.74 Å². The van der Waals surface area contributed by atoms with E-state index in [1.54, 1.807) is 7.11 Å². The van der Waals surface area contributed by atoms with Crippen LogP contribution in [0.25, 0.3) is 6.08 Å². The number of hydrogen-bond donors (Lipinski definition) is 0.